The van der Waals surface area contributed by atoms with E-state index in [1.807, 2.05) is 35.0 Å². The number of amides is 2. The van der Waals surface area contributed by atoms with Crippen molar-refractivity contribution in [3.63, 3.8) is 0 Å². The first kappa shape index (κ1) is 19.2. The minimum atomic E-state index is -0.157. The predicted octanol–water partition coefficient (Wildman–Crippen LogP) is 3.83. The molecule has 2 amide bonds. The monoisotopic (exact) mass is 407 g/mol. The minimum Gasteiger partial charge on any atom is -0.326 e. The molecule has 1 fully saturated rings. The lowest BCUT2D eigenvalue weighted by atomic mass is 10.2. The molecule has 2 N–H and O–H groups in total. The average molecular weight is 407 g/mol. The molecule has 7 nitrogen and oxygen atoms in total. The molecule has 0 radical (unpaired) electrons. The Kier molecular flexibility index (Phi) is 5.62. The number of benzene rings is 2. The zero-order valence-electron chi connectivity index (χ0n) is 16.0. The van der Waals surface area contributed by atoms with Crippen molar-refractivity contribution in [3.05, 3.63) is 60.4 Å². The molecule has 1 aromatic heterocycles. The molecular formula is C21H21N5O2S. The highest BCUT2D eigenvalue weighted by Gasteiger charge is 2.30. The number of hydrogen-bond donors (Lipinski definition) is 2. The fourth-order valence-corrected chi connectivity index (χ4v) is 3.57. The van der Waals surface area contributed by atoms with Gasteiger partial charge in [-0.1, -0.05) is 36.0 Å². The number of para-hydroxylation sites is 1. The third-order valence-electron chi connectivity index (χ3n) is 4.36. The summed E-state index contributed by atoms with van der Waals surface area (Å²) in [5, 5.41) is 10.7. The molecule has 3 aromatic rings. The van der Waals surface area contributed by atoms with E-state index in [-0.39, 0.29) is 17.6 Å². The van der Waals surface area contributed by atoms with Crippen molar-refractivity contribution in [2.45, 2.75) is 30.8 Å². The number of nitrogens with one attached hydrogen (secondary N) is 2. The third-order valence-corrected chi connectivity index (χ3v) is 5.19. The van der Waals surface area contributed by atoms with Crippen LogP contribution in [0.4, 0.5) is 11.4 Å². The van der Waals surface area contributed by atoms with Gasteiger partial charge in [0, 0.05) is 24.2 Å². The Balaban J connectivity index is 1.40. The molecule has 2 aromatic carbocycles. The van der Waals surface area contributed by atoms with E-state index in [9.17, 15) is 9.59 Å². The summed E-state index contributed by atoms with van der Waals surface area (Å²) < 4.78 is 1.88. The maximum Gasteiger partial charge on any atom is 0.234 e. The van der Waals surface area contributed by atoms with E-state index in [1.54, 1.807) is 24.3 Å². The number of aromatic nitrogens is 3. The van der Waals surface area contributed by atoms with Crippen molar-refractivity contribution in [2.75, 3.05) is 16.4 Å². The van der Waals surface area contributed by atoms with Gasteiger partial charge >= 0.3 is 0 Å². The Morgan fingerprint density at radius 2 is 1.79 bits per heavy atom. The normalized spacial score (nSPS) is 13.1. The number of hydrogen-bond acceptors (Lipinski definition) is 5. The molecule has 0 unspecified atom stereocenters. The Hall–Kier alpha value is -3.13. The molecule has 148 valence electrons. The van der Waals surface area contributed by atoms with Crippen LogP contribution in [0.15, 0.2) is 59.8 Å². The zero-order chi connectivity index (χ0) is 20.2. The van der Waals surface area contributed by atoms with Crippen LogP contribution in [0.2, 0.25) is 0 Å². The minimum absolute atomic E-state index is 0.154. The van der Waals surface area contributed by atoms with Crippen LogP contribution in [0.5, 0.6) is 0 Å². The van der Waals surface area contributed by atoms with E-state index in [0.717, 1.165) is 24.4 Å². The maximum atomic E-state index is 12.3. The lowest BCUT2D eigenvalue weighted by Crippen LogP contribution is -2.14. The van der Waals surface area contributed by atoms with E-state index in [0.29, 0.717) is 22.4 Å². The average Bonchev–Trinajstić information content (AvgIpc) is 3.46. The summed E-state index contributed by atoms with van der Waals surface area (Å²) in [6.07, 6.45) is 2.25. The predicted molar refractivity (Wildman–Crippen MR) is 113 cm³/mol. The second-order valence-electron chi connectivity index (χ2n) is 6.87. The van der Waals surface area contributed by atoms with E-state index >= 15 is 0 Å². The summed E-state index contributed by atoms with van der Waals surface area (Å²) in [7, 11) is 0. The first-order chi connectivity index (χ1) is 14.1. The molecule has 0 aliphatic heterocycles. The second-order valence-corrected chi connectivity index (χ2v) is 7.82. The summed E-state index contributed by atoms with van der Waals surface area (Å²) in [6, 6.07) is 17.0. The summed E-state index contributed by atoms with van der Waals surface area (Å²) in [5.74, 6) is 1.30. The van der Waals surface area contributed by atoms with Gasteiger partial charge in [-0.15, -0.1) is 5.10 Å². The van der Waals surface area contributed by atoms with Crippen molar-refractivity contribution in [2.24, 2.45) is 0 Å². The van der Waals surface area contributed by atoms with E-state index in [2.05, 4.69) is 20.7 Å². The van der Waals surface area contributed by atoms with Crippen LogP contribution in [0.3, 0.4) is 0 Å². The summed E-state index contributed by atoms with van der Waals surface area (Å²) in [4.78, 5) is 28.2. The highest BCUT2D eigenvalue weighted by molar-refractivity contribution is 7.99. The molecule has 4 rings (SSSR count). The lowest BCUT2D eigenvalue weighted by molar-refractivity contribution is -0.114. The largest absolute Gasteiger partial charge is 0.326 e. The van der Waals surface area contributed by atoms with E-state index in [4.69, 9.17) is 0 Å². The Bertz CT molecular complexity index is 1030. The zero-order valence-corrected chi connectivity index (χ0v) is 16.8. The molecule has 0 saturated heterocycles. The van der Waals surface area contributed by atoms with Gasteiger partial charge in [0.25, 0.3) is 0 Å². The Morgan fingerprint density at radius 3 is 2.48 bits per heavy atom. The molecular weight excluding hydrogens is 386 g/mol. The SMILES string of the molecule is CC(=O)Nc1cccc(NC(=O)CSc2nc(C3CC3)n(-c3ccccc3)n2)c1. The van der Waals surface area contributed by atoms with E-state index in [1.165, 1.54) is 18.7 Å². The quantitative estimate of drug-likeness (QED) is 0.581. The second kappa shape index (κ2) is 8.48. The molecule has 1 saturated carbocycles. The number of carbonyl (C=O) groups is 2. The van der Waals surface area contributed by atoms with Gasteiger partial charge in [0.1, 0.15) is 5.82 Å². The number of rotatable bonds is 7. The van der Waals surface area contributed by atoms with Crippen LogP contribution in [-0.2, 0) is 9.59 Å². The molecule has 1 aliphatic rings. The van der Waals surface area contributed by atoms with Crippen LogP contribution in [0.25, 0.3) is 5.69 Å². The van der Waals surface area contributed by atoms with Crippen molar-refractivity contribution in [3.8, 4) is 5.69 Å². The molecule has 0 bridgehead atoms. The number of carbonyl (C=O) groups excluding carboxylic acids is 2. The van der Waals surface area contributed by atoms with Crippen molar-refractivity contribution < 1.29 is 9.59 Å². The summed E-state index contributed by atoms with van der Waals surface area (Å²) in [6.45, 7) is 1.44. The fraction of sp³-hybridized carbons (Fsp3) is 0.238. The molecule has 1 heterocycles. The highest BCUT2D eigenvalue weighted by Crippen LogP contribution is 2.40. The number of nitrogens with zero attached hydrogens (tertiary/aromatic N) is 3. The van der Waals surface area contributed by atoms with Gasteiger partial charge in [-0.25, -0.2) is 9.67 Å². The summed E-state index contributed by atoms with van der Waals surface area (Å²) >= 11 is 1.31. The molecule has 1 aliphatic carbocycles. The van der Waals surface area contributed by atoms with Gasteiger partial charge < -0.3 is 10.6 Å². The van der Waals surface area contributed by atoms with Crippen molar-refractivity contribution in [1.29, 1.82) is 0 Å². The summed E-state index contributed by atoms with van der Waals surface area (Å²) in [5.41, 5.74) is 2.25. The number of thioether (sulfide) groups is 1. The topological polar surface area (TPSA) is 88.9 Å². The van der Waals surface area contributed by atoms with Gasteiger partial charge in [-0.05, 0) is 43.2 Å². The smallest absolute Gasteiger partial charge is 0.234 e. The van der Waals surface area contributed by atoms with Gasteiger partial charge in [0.2, 0.25) is 17.0 Å². The highest BCUT2D eigenvalue weighted by atomic mass is 32.2. The van der Waals surface area contributed by atoms with Gasteiger partial charge in [-0.2, -0.15) is 0 Å². The maximum absolute atomic E-state index is 12.3. The first-order valence-corrected chi connectivity index (χ1v) is 10.4. The van der Waals surface area contributed by atoms with Crippen LogP contribution >= 0.6 is 11.8 Å². The van der Waals surface area contributed by atoms with Crippen LogP contribution in [-0.4, -0.2) is 32.3 Å². The van der Waals surface area contributed by atoms with Gasteiger partial charge in [0.05, 0.1) is 11.4 Å². The van der Waals surface area contributed by atoms with Gasteiger partial charge in [-0.3, -0.25) is 9.59 Å². The Labute approximate surface area is 172 Å². The van der Waals surface area contributed by atoms with Crippen molar-refractivity contribution in [1.82, 2.24) is 14.8 Å². The molecule has 0 atom stereocenters. The lowest BCUT2D eigenvalue weighted by Gasteiger charge is -2.07. The molecule has 8 heteroatoms. The number of anilines is 2. The molecule has 29 heavy (non-hydrogen) atoms. The first-order valence-electron chi connectivity index (χ1n) is 9.41. The third kappa shape index (κ3) is 5.03. The Morgan fingerprint density at radius 1 is 1.07 bits per heavy atom. The van der Waals surface area contributed by atoms with Crippen LogP contribution in [0, 0.1) is 0 Å². The fourth-order valence-electron chi connectivity index (χ4n) is 2.94. The van der Waals surface area contributed by atoms with Gasteiger partial charge in [0.15, 0.2) is 0 Å². The van der Waals surface area contributed by atoms with Crippen LogP contribution < -0.4 is 10.6 Å². The van der Waals surface area contributed by atoms with Crippen molar-refractivity contribution >= 4 is 35.0 Å². The van der Waals surface area contributed by atoms with E-state index < -0.39 is 0 Å². The molecule has 0 spiro atoms. The van der Waals surface area contributed by atoms with Crippen LogP contribution in [0.1, 0.15) is 31.5 Å². The standard InChI is InChI=1S/C21H21N5O2S/c1-14(27)22-16-6-5-7-17(12-16)23-19(28)13-29-21-24-20(15-10-11-15)26(25-21)18-8-3-2-4-9-18/h2-9,12,15H,10-11,13H2,1H3,(H,22,27)(H,23,28).